The van der Waals surface area contributed by atoms with Crippen LogP contribution in [0.3, 0.4) is 0 Å². The van der Waals surface area contributed by atoms with Gasteiger partial charge in [-0.2, -0.15) is 0 Å². The molecule has 3 aromatic carbocycles. The van der Waals surface area contributed by atoms with Crippen molar-refractivity contribution >= 4 is 39.6 Å². The molecular weight excluding hydrogens is 669 g/mol. The van der Waals surface area contributed by atoms with E-state index in [9.17, 15) is 19.5 Å². The van der Waals surface area contributed by atoms with Gasteiger partial charge in [0.15, 0.2) is 0 Å². The Hall–Kier alpha value is -5.75. The largest absolute Gasteiger partial charge is 0.507 e. The van der Waals surface area contributed by atoms with E-state index in [0.717, 1.165) is 85.3 Å². The summed E-state index contributed by atoms with van der Waals surface area (Å²) in [5.74, 6) is 0.0157. The zero-order valence-corrected chi connectivity index (χ0v) is 29.7. The topological polar surface area (TPSA) is 131 Å². The van der Waals surface area contributed by atoms with Gasteiger partial charge in [0.1, 0.15) is 17.3 Å². The van der Waals surface area contributed by atoms with E-state index in [1.54, 1.807) is 28.3 Å². The molecule has 3 saturated heterocycles. The second kappa shape index (κ2) is 13.3. The minimum Gasteiger partial charge on any atom is -0.507 e. The highest BCUT2D eigenvalue weighted by Crippen LogP contribution is 2.34. The van der Waals surface area contributed by atoms with Crippen molar-refractivity contribution in [3.05, 3.63) is 101 Å². The molecule has 0 spiro atoms. The van der Waals surface area contributed by atoms with Gasteiger partial charge in [-0.05, 0) is 111 Å². The summed E-state index contributed by atoms with van der Waals surface area (Å²) in [4.78, 5) is 42.6. The number of nitrogens with zero attached hydrogens (tertiary/aromatic N) is 7. The van der Waals surface area contributed by atoms with E-state index in [1.807, 2.05) is 36.5 Å². The lowest BCUT2D eigenvalue weighted by molar-refractivity contribution is -0.135. The van der Waals surface area contributed by atoms with Gasteiger partial charge < -0.3 is 19.5 Å². The van der Waals surface area contributed by atoms with Gasteiger partial charge in [0.25, 0.3) is 0 Å². The first-order valence-corrected chi connectivity index (χ1v) is 18.6. The summed E-state index contributed by atoms with van der Waals surface area (Å²) >= 11 is 0. The number of imidazole rings is 1. The van der Waals surface area contributed by atoms with Crippen LogP contribution in [0.5, 0.6) is 5.75 Å². The zero-order valence-electron chi connectivity index (χ0n) is 29.7. The number of imide groups is 1. The van der Waals surface area contributed by atoms with Crippen molar-refractivity contribution < 1.29 is 14.7 Å². The number of para-hydroxylation sites is 1. The summed E-state index contributed by atoms with van der Waals surface area (Å²) in [6.45, 7) is 4.09. The summed E-state index contributed by atoms with van der Waals surface area (Å²) in [5.41, 5.74) is 7.86. The molecule has 0 radical (unpaired) electrons. The molecule has 0 bridgehead atoms. The van der Waals surface area contributed by atoms with Gasteiger partial charge in [0.05, 0.1) is 22.2 Å². The molecule has 3 aromatic heterocycles. The Labute approximate surface area is 306 Å². The molecule has 9 rings (SSSR count). The van der Waals surface area contributed by atoms with Crippen LogP contribution in [0.1, 0.15) is 56.0 Å². The highest BCUT2D eigenvalue weighted by molar-refractivity contribution is 6.00. The molecule has 53 heavy (non-hydrogen) atoms. The number of carbonyl (C=O) groups is 2. The standard InChI is InChI=1S/C41H42N8O4/c1-45-37-24-30(10-11-34(37)49(41(45)53)35-12-13-39(51)42-40(35)52)47-21-16-28(17-22-47)46-19-14-27(15-20-46)26-6-8-29(9-7-26)48-23-18-32-36(48)25-33(44-43-32)31-4-2-3-5-38(31)50/h2-11,18,23-25,27-28,35,50H,12-17,19-22H2,1H3,(H,42,51,52). The maximum absolute atomic E-state index is 13.2. The number of amides is 2. The van der Waals surface area contributed by atoms with Gasteiger partial charge in [0, 0.05) is 55.7 Å². The highest BCUT2D eigenvalue weighted by Gasteiger charge is 2.32. The van der Waals surface area contributed by atoms with Crippen LogP contribution in [0, 0.1) is 0 Å². The third kappa shape index (κ3) is 5.96. The van der Waals surface area contributed by atoms with E-state index < -0.39 is 11.9 Å². The summed E-state index contributed by atoms with van der Waals surface area (Å²) in [6.07, 6.45) is 7.04. The normalized spacial score (nSPS) is 19.3. The Bertz CT molecular complexity index is 2410. The van der Waals surface area contributed by atoms with Gasteiger partial charge >= 0.3 is 5.69 Å². The molecule has 2 amide bonds. The first-order chi connectivity index (χ1) is 25.8. The molecule has 270 valence electrons. The van der Waals surface area contributed by atoms with Crippen LogP contribution >= 0.6 is 0 Å². The van der Waals surface area contributed by atoms with Crippen molar-refractivity contribution in [3.63, 3.8) is 0 Å². The van der Waals surface area contributed by atoms with Crippen molar-refractivity contribution in [2.75, 3.05) is 31.1 Å². The Balaban J connectivity index is 0.821. The van der Waals surface area contributed by atoms with Crippen LogP contribution in [-0.4, -0.2) is 77.9 Å². The second-order valence-electron chi connectivity index (χ2n) is 14.7. The number of carbonyl (C=O) groups excluding carboxylic acids is 2. The van der Waals surface area contributed by atoms with Crippen molar-refractivity contribution in [2.45, 2.75) is 56.5 Å². The maximum atomic E-state index is 13.2. The van der Waals surface area contributed by atoms with Crippen LogP contribution < -0.4 is 15.9 Å². The molecule has 3 fully saturated rings. The minimum absolute atomic E-state index is 0.186. The fourth-order valence-electron chi connectivity index (χ4n) is 8.75. The lowest BCUT2D eigenvalue weighted by Gasteiger charge is -2.42. The molecular formula is C41H42N8O4. The average molecular weight is 711 g/mol. The summed E-state index contributed by atoms with van der Waals surface area (Å²) in [6, 6.07) is 26.0. The van der Waals surface area contributed by atoms with Gasteiger partial charge in [-0.3, -0.25) is 24.0 Å². The molecule has 12 nitrogen and oxygen atoms in total. The van der Waals surface area contributed by atoms with Gasteiger partial charge in [-0.25, -0.2) is 4.79 Å². The molecule has 6 aromatic rings. The molecule has 1 atom stereocenters. The second-order valence-corrected chi connectivity index (χ2v) is 14.7. The summed E-state index contributed by atoms with van der Waals surface area (Å²) < 4.78 is 5.28. The van der Waals surface area contributed by atoms with Gasteiger partial charge in [-0.1, -0.05) is 24.3 Å². The van der Waals surface area contributed by atoms with Crippen LogP contribution in [0.15, 0.2) is 89.9 Å². The number of anilines is 1. The number of aromatic hydroxyl groups is 1. The number of likely N-dealkylation sites (tertiary alicyclic amines) is 1. The first kappa shape index (κ1) is 33.1. The molecule has 2 N–H and O–H groups in total. The van der Waals surface area contributed by atoms with Crippen LogP contribution in [0.25, 0.3) is 39.0 Å². The number of rotatable bonds is 6. The van der Waals surface area contributed by atoms with E-state index >= 15 is 0 Å². The number of hydrogen-bond acceptors (Lipinski definition) is 8. The molecule has 1 unspecified atom stereocenters. The number of nitrogens with one attached hydrogen (secondary N) is 1. The molecule has 6 heterocycles. The highest BCUT2D eigenvalue weighted by atomic mass is 16.3. The predicted octanol–water partition coefficient (Wildman–Crippen LogP) is 5.27. The van der Waals surface area contributed by atoms with E-state index in [-0.39, 0.29) is 23.8 Å². The van der Waals surface area contributed by atoms with Crippen molar-refractivity contribution in [2.24, 2.45) is 7.05 Å². The Morgan fingerprint density at radius 3 is 2.26 bits per heavy atom. The van der Waals surface area contributed by atoms with Gasteiger partial charge in [0.2, 0.25) is 11.8 Å². The lowest BCUT2D eigenvalue weighted by atomic mass is 9.88. The smallest absolute Gasteiger partial charge is 0.329 e. The number of phenols is 1. The number of fused-ring (bicyclic) bond motifs is 2. The average Bonchev–Trinajstić information content (AvgIpc) is 3.72. The fourth-order valence-corrected chi connectivity index (χ4v) is 8.75. The fraction of sp³-hybridized carbons (Fsp3) is 0.341. The Morgan fingerprint density at radius 1 is 0.755 bits per heavy atom. The number of phenolic OH excluding ortho intramolecular Hbond substituents is 1. The molecule has 3 aliphatic rings. The number of aromatic nitrogens is 5. The van der Waals surface area contributed by atoms with E-state index in [0.29, 0.717) is 29.6 Å². The third-order valence-corrected chi connectivity index (χ3v) is 11.7. The molecule has 0 aliphatic carbocycles. The molecule has 0 saturated carbocycles. The minimum atomic E-state index is -0.679. The van der Waals surface area contributed by atoms with E-state index in [1.165, 1.54) is 5.56 Å². The Kier molecular flexibility index (Phi) is 8.33. The number of aryl methyl sites for hydroxylation is 1. The van der Waals surface area contributed by atoms with Crippen LogP contribution in [-0.2, 0) is 16.6 Å². The van der Waals surface area contributed by atoms with Crippen molar-refractivity contribution in [1.29, 1.82) is 0 Å². The third-order valence-electron chi connectivity index (χ3n) is 11.7. The Morgan fingerprint density at radius 2 is 1.51 bits per heavy atom. The maximum Gasteiger partial charge on any atom is 0.329 e. The van der Waals surface area contributed by atoms with Crippen molar-refractivity contribution in [1.82, 2.24) is 34.1 Å². The predicted molar refractivity (Wildman–Crippen MR) is 203 cm³/mol. The lowest BCUT2D eigenvalue weighted by Crippen LogP contribution is -2.47. The molecule has 12 heteroatoms. The van der Waals surface area contributed by atoms with Crippen LogP contribution in [0.4, 0.5) is 5.69 Å². The monoisotopic (exact) mass is 710 g/mol. The zero-order chi connectivity index (χ0) is 36.2. The van der Waals surface area contributed by atoms with Crippen molar-refractivity contribution in [3.8, 4) is 22.7 Å². The molecule has 3 aliphatic heterocycles. The number of benzene rings is 3. The van der Waals surface area contributed by atoms with E-state index in [4.69, 9.17) is 0 Å². The summed E-state index contributed by atoms with van der Waals surface area (Å²) in [7, 11) is 1.75. The summed E-state index contributed by atoms with van der Waals surface area (Å²) in [5, 5.41) is 21.5. The van der Waals surface area contributed by atoms with E-state index in [2.05, 4.69) is 66.3 Å². The number of hydrogen-bond donors (Lipinski definition) is 2. The first-order valence-electron chi connectivity index (χ1n) is 18.6. The SMILES string of the molecule is Cn1c(=O)n(C2CCC(=O)NC2=O)c2ccc(N3CCC(N4CCC(c5ccc(-n6ccc7nnc(-c8ccccc8O)cc76)cc5)CC4)CC3)cc21. The quantitative estimate of drug-likeness (QED) is 0.224. The van der Waals surface area contributed by atoms with Gasteiger partial charge in [-0.15, -0.1) is 10.2 Å². The number of piperidine rings is 3. The van der Waals surface area contributed by atoms with Crippen LogP contribution in [0.2, 0.25) is 0 Å².